The molecule has 1 amide bonds. The molecule has 1 N–H and O–H groups in total. The van der Waals surface area contributed by atoms with E-state index in [1.807, 2.05) is 12.1 Å². The monoisotopic (exact) mass is 270 g/mol. The molecule has 0 bridgehead atoms. The number of halogens is 1. The standard InChI is InChI=1S/C10H11BrN2O2/c11-9-2-1-7(4-12-9)5-13-6-8(14)3-10(13)15/h1-2,4,8,14H,3,5-6H2. The van der Waals surface area contributed by atoms with Crippen LogP contribution in [0.2, 0.25) is 0 Å². The number of β-amino-alcohol motifs (C(OH)–C–C–N with tert-alkyl or cyclic N) is 1. The second-order valence-electron chi connectivity index (χ2n) is 3.62. The van der Waals surface area contributed by atoms with Crippen LogP contribution in [-0.2, 0) is 11.3 Å². The normalized spacial score (nSPS) is 21.1. The lowest BCUT2D eigenvalue weighted by Crippen LogP contribution is -2.25. The summed E-state index contributed by atoms with van der Waals surface area (Å²) in [5, 5.41) is 9.31. The molecular formula is C10H11BrN2O2. The van der Waals surface area contributed by atoms with Crippen LogP contribution in [0.15, 0.2) is 22.9 Å². The van der Waals surface area contributed by atoms with Crippen molar-refractivity contribution in [2.75, 3.05) is 6.54 Å². The Kier molecular flexibility index (Phi) is 3.02. The Morgan fingerprint density at radius 1 is 1.60 bits per heavy atom. The highest BCUT2D eigenvalue weighted by Gasteiger charge is 2.27. The first-order chi connectivity index (χ1) is 7.15. The zero-order chi connectivity index (χ0) is 10.8. The largest absolute Gasteiger partial charge is 0.391 e. The third kappa shape index (κ3) is 2.54. The van der Waals surface area contributed by atoms with Crippen molar-refractivity contribution >= 4 is 21.8 Å². The van der Waals surface area contributed by atoms with E-state index in [0.717, 1.165) is 10.2 Å². The number of hydrogen-bond donors (Lipinski definition) is 1. The number of carbonyl (C=O) groups is 1. The van der Waals surface area contributed by atoms with Gasteiger partial charge in [0, 0.05) is 19.3 Å². The lowest BCUT2D eigenvalue weighted by Gasteiger charge is -2.15. The lowest BCUT2D eigenvalue weighted by atomic mass is 10.3. The number of amides is 1. The van der Waals surface area contributed by atoms with Crippen LogP contribution in [0.25, 0.3) is 0 Å². The number of likely N-dealkylation sites (tertiary alicyclic amines) is 1. The number of pyridine rings is 1. The van der Waals surface area contributed by atoms with E-state index in [0.29, 0.717) is 13.1 Å². The molecule has 0 radical (unpaired) electrons. The van der Waals surface area contributed by atoms with E-state index in [2.05, 4.69) is 20.9 Å². The van der Waals surface area contributed by atoms with Crippen LogP contribution >= 0.6 is 15.9 Å². The second kappa shape index (κ2) is 4.28. The minimum absolute atomic E-state index is 0.00502. The minimum atomic E-state index is -0.513. The molecule has 1 atom stereocenters. The Balaban J connectivity index is 2.03. The number of nitrogens with zero attached hydrogens (tertiary/aromatic N) is 2. The number of rotatable bonds is 2. The van der Waals surface area contributed by atoms with Crippen molar-refractivity contribution in [1.29, 1.82) is 0 Å². The fourth-order valence-corrected chi connectivity index (χ4v) is 1.86. The van der Waals surface area contributed by atoms with Gasteiger partial charge in [0.1, 0.15) is 4.60 Å². The maximum Gasteiger partial charge on any atom is 0.225 e. The van der Waals surface area contributed by atoms with Gasteiger partial charge in [-0.25, -0.2) is 4.98 Å². The highest BCUT2D eigenvalue weighted by molar-refractivity contribution is 9.10. The fourth-order valence-electron chi connectivity index (χ4n) is 1.62. The van der Waals surface area contributed by atoms with Crippen LogP contribution in [-0.4, -0.2) is 33.5 Å². The summed E-state index contributed by atoms with van der Waals surface area (Å²) < 4.78 is 0.777. The summed E-state index contributed by atoms with van der Waals surface area (Å²) in [7, 11) is 0. The molecule has 0 aromatic carbocycles. The lowest BCUT2D eigenvalue weighted by molar-refractivity contribution is -0.128. The van der Waals surface area contributed by atoms with E-state index in [4.69, 9.17) is 0 Å². The zero-order valence-corrected chi connectivity index (χ0v) is 9.64. The number of aromatic nitrogens is 1. The van der Waals surface area contributed by atoms with Crippen molar-refractivity contribution in [1.82, 2.24) is 9.88 Å². The van der Waals surface area contributed by atoms with Gasteiger partial charge in [-0.3, -0.25) is 4.79 Å². The highest BCUT2D eigenvalue weighted by atomic mass is 79.9. The predicted molar refractivity (Wildman–Crippen MR) is 58.0 cm³/mol. The fraction of sp³-hybridized carbons (Fsp3) is 0.400. The molecule has 1 aromatic heterocycles. The van der Waals surface area contributed by atoms with E-state index in [-0.39, 0.29) is 12.3 Å². The molecule has 15 heavy (non-hydrogen) atoms. The maximum atomic E-state index is 11.4. The first-order valence-electron chi connectivity index (χ1n) is 4.71. The van der Waals surface area contributed by atoms with Crippen molar-refractivity contribution in [3.8, 4) is 0 Å². The molecule has 1 saturated heterocycles. The molecule has 1 unspecified atom stereocenters. The van der Waals surface area contributed by atoms with Gasteiger partial charge in [-0.15, -0.1) is 0 Å². The van der Waals surface area contributed by atoms with Gasteiger partial charge in [0.15, 0.2) is 0 Å². The summed E-state index contributed by atoms with van der Waals surface area (Å²) >= 11 is 3.25. The Hall–Kier alpha value is -0.940. The van der Waals surface area contributed by atoms with E-state index >= 15 is 0 Å². The highest BCUT2D eigenvalue weighted by Crippen LogP contribution is 2.15. The third-order valence-corrected chi connectivity index (χ3v) is 2.83. The zero-order valence-electron chi connectivity index (χ0n) is 8.06. The second-order valence-corrected chi connectivity index (χ2v) is 4.43. The van der Waals surface area contributed by atoms with Gasteiger partial charge in [-0.1, -0.05) is 6.07 Å². The molecule has 5 heteroatoms. The Morgan fingerprint density at radius 3 is 2.93 bits per heavy atom. The molecule has 2 rings (SSSR count). The summed E-state index contributed by atoms with van der Waals surface area (Å²) in [4.78, 5) is 17.1. The minimum Gasteiger partial charge on any atom is -0.391 e. The molecule has 4 nitrogen and oxygen atoms in total. The van der Waals surface area contributed by atoms with Crippen LogP contribution in [0.5, 0.6) is 0 Å². The van der Waals surface area contributed by atoms with Crippen molar-refractivity contribution in [3.05, 3.63) is 28.5 Å². The Morgan fingerprint density at radius 2 is 2.40 bits per heavy atom. The molecule has 80 valence electrons. The molecule has 1 aliphatic rings. The van der Waals surface area contributed by atoms with Gasteiger partial charge in [-0.05, 0) is 27.6 Å². The van der Waals surface area contributed by atoms with E-state index in [1.54, 1.807) is 11.1 Å². The summed E-state index contributed by atoms with van der Waals surface area (Å²) in [6, 6.07) is 3.75. The van der Waals surface area contributed by atoms with E-state index in [1.165, 1.54) is 0 Å². The summed E-state index contributed by atoms with van der Waals surface area (Å²) in [5.74, 6) is 0.00502. The van der Waals surface area contributed by atoms with E-state index < -0.39 is 6.10 Å². The summed E-state index contributed by atoms with van der Waals surface area (Å²) in [5.41, 5.74) is 0.973. The van der Waals surface area contributed by atoms with Crippen LogP contribution in [0, 0.1) is 0 Å². The van der Waals surface area contributed by atoms with Crippen molar-refractivity contribution < 1.29 is 9.90 Å². The van der Waals surface area contributed by atoms with Crippen molar-refractivity contribution in [2.24, 2.45) is 0 Å². The summed E-state index contributed by atoms with van der Waals surface area (Å²) in [6.07, 6.45) is 1.45. The Labute approximate surface area is 96.1 Å². The maximum absolute atomic E-state index is 11.4. The smallest absolute Gasteiger partial charge is 0.225 e. The van der Waals surface area contributed by atoms with Gasteiger partial charge in [0.05, 0.1) is 12.5 Å². The molecule has 0 aliphatic carbocycles. The molecule has 1 fully saturated rings. The van der Waals surface area contributed by atoms with E-state index in [9.17, 15) is 9.90 Å². The van der Waals surface area contributed by atoms with Crippen LogP contribution in [0.3, 0.4) is 0 Å². The van der Waals surface area contributed by atoms with Crippen LogP contribution < -0.4 is 0 Å². The molecular weight excluding hydrogens is 260 g/mol. The van der Waals surface area contributed by atoms with Crippen molar-refractivity contribution in [3.63, 3.8) is 0 Å². The topological polar surface area (TPSA) is 53.4 Å². The van der Waals surface area contributed by atoms with Gasteiger partial charge in [0.2, 0.25) is 5.91 Å². The summed E-state index contributed by atoms with van der Waals surface area (Å²) in [6.45, 7) is 0.949. The van der Waals surface area contributed by atoms with Crippen LogP contribution in [0.1, 0.15) is 12.0 Å². The first kappa shape index (κ1) is 10.6. The van der Waals surface area contributed by atoms with Crippen molar-refractivity contribution in [2.45, 2.75) is 19.1 Å². The molecule has 2 heterocycles. The van der Waals surface area contributed by atoms with Gasteiger partial charge < -0.3 is 10.0 Å². The average Bonchev–Trinajstić information content (AvgIpc) is 2.49. The number of hydrogen-bond acceptors (Lipinski definition) is 3. The molecule has 1 aliphatic heterocycles. The predicted octanol–water partition coefficient (Wildman–Crippen LogP) is 0.937. The number of aliphatic hydroxyl groups excluding tert-OH is 1. The molecule has 0 saturated carbocycles. The van der Waals surface area contributed by atoms with Gasteiger partial charge in [0.25, 0.3) is 0 Å². The van der Waals surface area contributed by atoms with Crippen LogP contribution in [0.4, 0.5) is 0 Å². The van der Waals surface area contributed by atoms with Gasteiger partial charge >= 0.3 is 0 Å². The average molecular weight is 271 g/mol. The van der Waals surface area contributed by atoms with Gasteiger partial charge in [-0.2, -0.15) is 0 Å². The number of aliphatic hydroxyl groups is 1. The first-order valence-corrected chi connectivity index (χ1v) is 5.51. The Bertz CT molecular complexity index is 366. The molecule has 1 aromatic rings. The quantitative estimate of drug-likeness (QED) is 0.814. The number of carbonyl (C=O) groups excluding carboxylic acids is 1. The third-order valence-electron chi connectivity index (χ3n) is 2.36. The molecule has 0 spiro atoms. The SMILES string of the molecule is O=C1CC(O)CN1Cc1ccc(Br)nc1.